The summed E-state index contributed by atoms with van der Waals surface area (Å²) in [5, 5.41) is 13.7. The second-order valence-corrected chi connectivity index (χ2v) is 9.84. The predicted octanol–water partition coefficient (Wildman–Crippen LogP) is 6.68. The van der Waals surface area contributed by atoms with Gasteiger partial charge in [-0.05, 0) is 55.6 Å². The molecule has 5 nitrogen and oxygen atoms in total. The van der Waals surface area contributed by atoms with Gasteiger partial charge in [0.1, 0.15) is 17.5 Å². The average Bonchev–Trinajstić information content (AvgIpc) is 3.30. The summed E-state index contributed by atoms with van der Waals surface area (Å²) in [6.07, 6.45) is 6.61. The van der Waals surface area contributed by atoms with Gasteiger partial charge in [-0.25, -0.2) is 18.7 Å². The van der Waals surface area contributed by atoms with Crippen molar-refractivity contribution in [3.8, 4) is 28.7 Å². The smallest absolute Gasteiger partial charge is 0.164 e. The van der Waals surface area contributed by atoms with Gasteiger partial charge in [0, 0.05) is 40.9 Å². The lowest BCUT2D eigenvalue weighted by molar-refractivity contribution is 0.0928. The van der Waals surface area contributed by atoms with Crippen molar-refractivity contribution in [2.24, 2.45) is 17.8 Å². The maximum atomic E-state index is 14.4. The molecule has 7 rings (SSSR count). The highest BCUT2D eigenvalue weighted by Crippen LogP contribution is 2.46. The first-order valence-corrected chi connectivity index (χ1v) is 12.1. The number of rotatable bonds is 4. The van der Waals surface area contributed by atoms with Gasteiger partial charge in [0.25, 0.3) is 0 Å². The highest BCUT2D eigenvalue weighted by atomic mass is 19.1. The van der Waals surface area contributed by atoms with Gasteiger partial charge in [-0.1, -0.05) is 25.1 Å². The van der Waals surface area contributed by atoms with Crippen LogP contribution in [0.1, 0.15) is 38.2 Å². The second kappa shape index (κ2) is 8.46. The van der Waals surface area contributed by atoms with Crippen molar-refractivity contribution in [1.82, 2.24) is 15.0 Å². The predicted molar refractivity (Wildman–Crippen MR) is 131 cm³/mol. The number of fused-ring (bicyclic) bond motifs is 4. The summed E-state index contributed by atoms with van der Waals surface area (Å²) in [5.74, 6) is 1.54. The van der Waals surface area contributed by atoms with Crippen molar-refractivity contribution < 1.29 is 8.78 Å². The number of aromatic nitrogens is 3. The number of nitrogens with one attached hydrogen (secondary N) is 2. The van der Waals surface area contributed by atoms with Crippen LogP contribution in [0.25, 0.3) is 33.5 Å². The molecule has 2 N–H and O–H groups in total. The molecule has 0 saturated heterocycles. The van der Waals surface area contributed by atoms with Gasteiger partial charge in [-0.3, -0.25) is 0 Å². The van der Waals surface area contributed by atoms with Crippen LogP contribution >= 0.6 is 0 Å². The molecular formula is C28H25F2N5. The third-order valence-electron chi connectivity index (χ3n) is 7.95. The van der Waals surface area contributed by atoms with Crippen molar-refractivity contribution in [3.63, 3.8) is 0 Å². The van der Waals surface area contributed by atoms with Crippen molar-refractivity contribution in [2.45, 2.75) is 38.6 Å². The van der Waals surface area contributed by atoms with Gasteiger partial charge in [-0.15, -0.1) is 0 Å². The molecule has 2 bridgehead atoms. The minimum atomic E-state index is -0.664. The maximum Gasteiger partial charge on any atom is 0.164 e. The number of anilines is 1. The summed E-state index contributed by atoms with van der Waals surface area (Å²) in [4.78, 5) is 12.5. The Balaban J connectivity index is 1.50. The average molecular weight is 470 g/mol. The van der Waals surface area contributed by atoms with Crippen LogP contribution in [0.3, 0.4) is 0 Å². The Bertz CT molecular complexity index is 1460. The van der Waals surface area contributed by atoms with Crippen molar-refractivity contribution in [3.05, 3.63) is 65.9 Å². The van der Waals surface area contributed by atoms with Crippen LogP contribution in [0.4, 0.5) is 14.6 Å². The van der Waals surface area contributed by atoms with E-state index in [-0.39, 0.29) is 5.52 Å². The summed E-state index contributed by atoms with van der Waals surface area (Å²) in [7, 11) is 0. The number of hydrogen-bond acceptors (Lipinski definition) is 4. The number of halogens is 2. The number of nitrogens with zero attached hydrogens (tertiary/aromatic N) is 3. The fourth-order valence-corrected chi connectivity index (χ4v) is 6.10. The van der Waals surface area contributed by atoms with Crippen molar-refractivity contribution in [2.75, 3.05) is 5.32 Å². The number of nitriles is 1. The summed E-state index contributed by atoms with van der Waals surface area (Å²) in [6, 6.07) is 13.9. The van der Waals surface area contributed by atoms with Crippen LogP contribution in [0, 0.1) is 40.7 Å². The van der Waals surface area contributed by atoms with Crippen LogP contribution in [0.15, 0.2) is 48.7 Å². The maximum absolute atomic E-state index is 14.4. The highest BCUT2D eigenvalue weighted by molar-refractivity contribution is 5.94. The Morgan fingerprint density at radius 2 is 1.77 bits per heavy atom. The largest absolute Gasteiger partial charge is 0.367 e. The lowest BCUT2D eigenvalue weighted by Gasteiger charge is -2.47. The fourth-order valence-electron chi connectivity index (χ4n) is 6.10. The summed E-state index contributed by atoms with van der Waals surface area (Å²) in [6.45, 7) is 2.31. The molecule has 3 aliphatic carbocycles. The van der Waals surface area contributed by atoms with E-state index >= 15 is 0 Å². The monoisotopic (exact) mass is 469 g/mol. The van der Waals surface area contributed by atoms with E-state index in [9.17, 15) is 14.0 Å². The second-order valence-electron chi connectivity index (χ2n) is 9.84. The molecule has 0 amide bonds. The Kier molecular flexibility index (Phi) is 5.25. The fraction of sp³-hybridized carbons (Fsp3) is 0.321. The van der Waals surface area contributed by atoms with E-state index in [1.807, 2.05) is 24.3 Å². The molecule has 176 valence electrons. The molecule has 2 aromatic heterocycles. The molecule has 3 fully saturated rings. The lowest BCUT2D eigenvalue weighted by Crippen LogP contribution is -2.47. The van der Waals surface area contributed by atoms with E-state index in [0.29, 0.717) is 57.3 Å². The van der Waals surface area contributed by atoms with E-state index < -0.39 is 11.6 Å². The van der Waals surface area contributed by atoms with Crippen LogP contribution < -0.4 is 5.32 Å². The van der Waals surface area contributed by atoms with Gasteiger partial charge < -0.3 is 10.3 Å². The van der Waals surface area contributed by atoms with Gasteiger partial charge in [0.2, 0.25) is 0 Å². The molecule has 2 heterocycles. The van der Waals surface area contributed by atoms with Gasteiger partial charge >= 0.3 is 0 Å². The highest BCUT2D eigenvalue weighted by Gasteiger charge is 2.41. The Hall–Kier alpha value is -3.79. The van der Waals surface area contributed by atoms with Gasteiger partial charge in [0.05, 0.1) is 22.8 Å². The standard InChI is InChI=1S/C28H25F2N5/c1-15-16-6-8-17(9-7-16)26(15)34-25-12-24(20-5-3-2-4-18(20)13-31)33-28(35-25)22-14-32-27-21(22)10-19(29)11-23(27)30/h2-5,10-12,14-17,26,32H,6-9H2,1H3,(H,33,34,35)/t15-,16?,17?,26+/m1/s1. The van der Waals surface area contributed by atoms with Gasteiger partial charge in [0.15, 0.2) is 5.82 Å². The molecule has 3 aliphatic rings. The normalized spacial score (nSPS) is 23.4. The first-order valence-electron chi connectivity index (χ1n) is 12.1. The minimum Gasteiger partial charge on any atom is -0.367 e. The Labute approximate surface area is 202 Å². The number of benzene rings is 2. The zero-order valence-electron chi connectivity index (χ0n) is 19.4. The van der Waals surface area contributed by atoms with Gasteiger partial charge in [-0.2, -0.15) is 5.26 Å². The molecular weight excluding hydrogens is 444 g/mol. The number of hydrogen-bond donors (Lipinski definition) is 2. The first kappa shape index (κ1) is 21.7. The molecule has 4 aromatic rings. The van der Waals surface area contributed by atoms with E-state index in [1.54, 1.807) is 12.3 Å². The third kappa shape index (κ3) is 3.74. The van der Waals surface area contributed by atoms with Crippen LogP contribution in [-0.2, 0) is 0 Å². The molecule has 0 aliphatic heterocycles. The molecule has 0 unspecified atom stereocenters. The molecule has 2 atom stereocenters. The summed E-state index contributed by atoms with van der Waals surface area (Å²) >= 11 is 0. The first-order chi connectivity index (χ1) is 17.0. The molecule has 7 heteroatoms. The van der Waals surface area contributed by atoms with E-state index in [1.165, 1.54) is 31.7 Å². The quantitative estimate of drug-likeness (QED) is 0.350. The number of aromatic amines is 1. The third-order valence-corrected chi connectivity index (χ3v) is 7.95. The van der Waals surface area contributed by atoms with Crippen LogP contribution in [0.2, 0.25) is 0 Å². The minimum absolute atomic E-state index is 0.209. The van der Waals surface area contributed by atoms with E-state index in [0.717, 1.165) is 12.0 Å². The van der Waals surface area contributed by atoms with E-state index in [2.05, 4.69) is 23.3 Å². The van der Waals surface area contributed by atoms with E-state index in [4.69, 9.17) is 9.97 Å². The lowest BCUT2D eigenvalue weighted by atomic mass is 9.62. The zero-order chi connectivity index (χ0) is 24.1. The molecule has 2 aromatic carbocycles. The van der Waals surface area contributed by atoms with Crippen LogP contribution in [0.5, 0.6) is 0 Å². The SMILES string of the molecule is C[C@@H]1C2CCC(CC2)[C@H]1Nc1cc(-c2ccccc2C#N)nc(-c2c[nH]c3c(F)cc(F)cc23)n1. The molecule has 0 spiro atoms. The zero-order valence-corrected chi connectivity index (χ0v) is 19.4. The Morgan fingerprint density at radius 3 is 2.54 bits per heavy atom. The molecule has 3 saturated carbocycles. The topological polar surface area (TPSA) is 77.4 Å². The van der Waals surface area contributed by atoms with Crippen molar-refractivity contribution >= 4 is 16.7 Å². The molecule has 35 heavy (non-hydrogen) atoms. The van der Waals surface area contributed by atoms with Crippen LogP contribution in [-0.4, -0.2) is 21.0 Å². The molecule has 0 radical (unpaired) electrons. The Morgan fingerprint density at radius 1 is 1.00 bits per heavy atom. The number of H-pyrrole nitrogens is 1. The summed E-state index contributed by atoms with van der Waals surface area (Å²) in [5.41, 5.74) is 2.51. The summed E-state index contributed by atoms with van der Waals surface area (Å²) < 4.78 is 28.5. The van der Waals surface area contributed by atoms with Crippen molar-refractivity contribution in [1.29, 1.82) is 5.26 Å².